The van der Waals surface area contributed by atoms with Crippen LogP contribution < -0.4 is 30.4 Å². The van der Waals surface area contributed by atoms with E-state index in [0.717, 1.165) is 63.4 Å². The van der Waals surface area contributed by atoms with E-state index in [9.17, 15) is 0 Å². The molecule has 6 nitrogen and oxygen atoms in total. The van der Waals surface area contributed by atoms with Crippen molar-refractivity contribution in [2.75, 3.05) is 53.0 Å². The molecule has 0 aliphatic rings. The van der Waals surface area contributed by atoms with Crippen LogP contribution in [0.4, 0.5) is 0 Å². The SMILES string of the molecule is CCOc1c(OC)cc(CCN)cc1SCCc1c(CCN)cc(OC)c(SC)c1OC. The van der Waals surface area contributed by atoms with E-state index in [1.807, 2.05) is 19.2 Å². The van der Waals surface area contributed by atoms with Gasteiger partial charge in [0.2, 0.25) is 0 Å². The topological polar surface area (TPSA) is 89.0 Å². The normalized spacial score (nSPS) is 10.8. The van der Waals surface area contributed by atoms with Crippen molar-refractivity contribution in [3.63, 3.8) is 0 Å². The van der Waals surface area contributed by atoms with Crippen molar-refractivity contribution in [3.8, 4) is 23.0 Å². The summed E-state index contributed by atoms with van der Waals surface area (Å²) in [5.74, 6) is 4.08. The number of ether oxygens (including phenoxy) is 4. The average molecular weight is 481 g/mol. The first-order valence-electron chi connectivity index (χ1n) is 10.8. The molecule has 0 amide bonds. The second kappa shape index (κ2) is 13.7. The number of methoxy groups -OCH3 is 3. The summed E-state index contributed by atoms with van der Waals surface area (Å²) in [6, 6.07) is 6.26. The molecule has 0 aromatic heterocycles. The molecule has 0 heterocycles. The first-order chi connectivity index (χ1) is 15.6. The molecule has 0 fully saturated rings. The third-order valence-corrected chi connectivity index (χ3v) is 6.89. The first-order valence-corrected chi connectivity index (χ1v) is 13.0. The molecule has 0 bridgehead atoms. The van der Waals surface area contributed by atoms with Crippen LogP contribution in [-0.2, 0) is 19.3 Å². The molecule has 2 aromatic carbocycles. The molecule has 2 aromatic rings. The third-order valence-electron chi connectivity index (χ3n) is 5.07. The van der Waals surface area contributed by atoms with Crippen molar-refractivity contribution < 1.29 is 18.9 Å². The maximum atomic E-state index is 5.93. The molecule has 0 aliphatic carbocycles. The summed E-state index contributed by atoms with van der Waals surface area (Å²) >= 11 is 3.38. The Labute approximate surface area is 200 Å². The summed E-state index contributed by atoms with van der Waals surface area (Å²) in [6.07, 6.45) is 4.42. The predicted molar refractivity (Wildman–Crippen MR) is 135 cm³/mol. The summed E-state index contributed by atoms with van der Waals surface area (Å²) in [5, 5.41) is 0. The Balaban J connectivity index is 2.37. The minimum atomic E-state index is 0.567. The van der Waals surface area contributed by atoms with E-state index in [1.54, 1.807) is 44.9 Å². The Morgan fingerprint density at radius 3 is 2.12 bits per heavy atom. The molecule has 4 N–H and O–H groups in total. The number of hydrogen-bond donors (Lipinski definition) is 2. The molecule has 0 saturated heterocycles. The third kappa shape index (κ3) is 6.41. The lowest BCUT2D eigenvalue weighted by Gasteiger charge is -2.20. The van der Waals surface area contributed by atoms with E-state index < -0.39 is 0 Å². The van der Waals surface area contributed by atoms with Crippen LogP contribution in [0.5, 0.6) is 23.0 Å². The molecule has 0 atom stereocenters. The van der Waals surface area contributed by atoms with Gasteiger partial charge in [0.25, 0.3) is 0 Å². The fourth-order valence-electron chi connectivity index (χ4n) is 3.67. The number of hydrogen-bond acceptors (Lipinski definition) is 8. The van der Waals surface area contributed by atoms with E-state index in [0.29, 0.717) is 19.7 Å². The monoisotopic (exact) mass is 480 g/mol. The highest BCUT2D eigenvalue weighted by molar-refractivity contribution is 7.99. The predicted octanol–water partition coefficient (Wildman–Crippen LogP) is 4.17. The Kier molecular flexibility index (Phi) is 11.4. The van der Waals surface area contributed by atoms with Gasteiger partial charge in [-0.2, -0.15) is 0 Å². The van der Waals surface area contributed by atoms with Gasteiger partial charge in [-0.25, -0.2) is 0 Å². The molecule has 0 radical (unpaired) electrons. The van der Waals surface area contributed by atoms with Crippen molar-refractivity contribution in [1.82, 2.24) is 0 Å². The van der Waals surface area contributed by atoms with Crippen LogP contribution in [0, 0.1) is 0 Å². The van der Waals surface area contributed by atoms with Crippen LogP contribution in [0.1, 0.15) is 23.6 Å². The number of benzene rings is 2. The summed E-state index contributed by atoms with van der Waals surface area (Å²) in [7, 11) is 5.07. The number of rotatable bonds is 14. The van der Waals surface area contributed by atoms with Gasteiger partial charge in [0.15, 0.2) is 11.5 Å². The highest BCUT2D eigenvalue weighted by Gasteiger charge is 2.20. The van der Waals surface area contributed by atoms with E-state index >= 15 is 0 Å². The quantitative estimate of drug-likeness (QED) is 0.390. The van der Waals surface area contributed by atoms with Gasteiger partial charge < -0.3 is 30.4 Å². The van der Waals surface area contributed by atoms with Gasteiger partial charge in [0, 0.05) is 5.75 Å². The Morgan fingerprint density at radius 2 is 1.56 bits per heavy atom. The van der Waals surface area contributed by atoms with Gasteiger partial charge in [-0.15, -0.1) is 23.5 Å². The van der Waals surface area contributed by atoms with Gasteiger partial charge in [0.1, 0.15) is 11.5 Å². The molecule has 0 spiro atoms. The maximum absolute atomic E-state index is 5.93. The van der Waals surface area contributed by atoms with Gasteiger partial charge in [-0.1, -0.05) is 0 Å². The van der Waals surface area contributed by atoms with Crippen molar-refractivity contribution in [3.05, 3.63) is 34.9 Å². The van der Waals surface area contributed by atoms with E-state index in [2.05, 4.69) is 12.1 Å². The zero-order valence-corrected chi connectivity index (χ0v) is 21.4. The molecule has 0 unspecified atom stereocenters. The van der Waals surface area contributed by atoms with Crippen molar-refractivity contribution in [2.45, 2.75) is 36.0 Å². The fourth-order valence-corrected chi connectivity index (χ4v) is 5.46. The Bertz CT molecular complexity index is 878. The Hall–Kier alpha value is -1.74. The van der Waals surface area contributed by atoms with Crippen molar-refractivity contribution in [1.29, 1.82) is 0 Å². The fraction of sp³-hybridized carbons (Fsp3) is 0.500. The first kappa shape index (κ1) is 26.5. The zero-order chi connectivity index (χ0) is 23.5. The van der Waals surface area contributed by atoms with Gasteiger partial charge >= 0.3 is 0 Å². The summed E-state index contributed by atoms with van der Waals surface area (Å²) in [5.41, 5.74) is 15.2. The van der Waals surface area contributed by atoms with Crippen LogP contribution in [0.15, 0.2) is 28.0 Å². The molecule has 8 heteroatoms. The highest BCUT2D eigenvalue weighted by atomic mass is 32.2. The van der Waals surface area contributed by atoms with Gasteiger partial charge in [-0.3, -0.25) is 0 Å². The second-order valence-electron chi connectivity index (χ2n) is 7.02. The maximum Gasteiger partial charge on any atom is 0.174 e. The summed E-state index contributed by atoms with van der Waals surface area (Å²) < 4.78 is 23.0. The van der Waals surface area contributed by atoms with Crippen LogP contribution >= 0.6 is 23.5 Å². The summed E-state index contributed by atoms with van der Waals surface area (Å²) in [6.45, 7) is 3.71. The average Bonchev–Trinajstić information content (AvgIpc) is 2.80. The van der Waals surface area contributed by atoms with Gasteiger partial charge in [0.05, 0.1) is 37.7 Å². The number of thioether (sulfide) groups is 2. The largest absolute Gasteiger partial charge is 0.495 e. The second-order valence-corrected chi connectivity index (χ2v) is 8.97. The van der Waals surface area contributed by atoms with E-state index in [1.165, 1.54) is 11.1 Å². The van der Waals surface area contributed by atoms with Crippen LogP contribution in [-0.4, -0.2) is 53.0 Å². The number of nitrogens with two attached hydrogens (primary N) is 2. The molecule has 2 rings (SSSR count). The lowest BCUT2D eigenvalue weighted by Crippen LogP contribution is -2.09. The Morgan fingerprint density at radius 1 is 0.844 bits per heavy atom. The van der Waals surface area contributed by atoms with Crippen molar-refractivity contribution in [2.24, 2.45) is 11.5 Å². The lowest BCUT2D eigenvalue weighted by atomic mass is 10.0. The van der Waals surface area contributed by atoms with E-state index in [-0.39, 0.29) is 0 Å². The van der Waals surface area contributed by atoms with Crippen LogP contribution in [0.2, 0.25) is 0 Å². The lowest BCUT2D eigenvalue weighted by molar-refractivity contribution is 0.303. The minimum Gasteiger partial charge on any atom is -0.495 e. The van der Waals surface area contributed by atoms with E-state index in [4.69, 9.17) is 30.4 Å². The molecule has 32 heavy (non-hydrogen) atoms. The molecular formula is C24H36N2O4S2. The molecule has 0 saturated carbocycles. The standard InChI is InChI=1S/C24H36N2O4S2/c1-6-30-23-19(27-2)13-16(7-10-25)14-21(23)32-12-9-18-17(8-11-26)15-20(28-3)24(31-5)22(18)29-4/h13-15H,6-12,25-26H2,1-5H3. The summed E-state index contributed by atoms with van der Waals surface area (Å²) in [4.78, 5) is 2.07. The molecule has 178 valence electrons. The highest BCUT2D eigenvalue weighted by Crippen LogP contribution is 2.43. The zero-order valence-electron chi connectivity index (χ0n) is 19.8. The van der Waals surface area contributed by atoms with Crippen molar-refractivity contribution >= 4 is 23.5 Å². The molecular weight excluding hydrogens is 444 g/mol. The molecule has 0 aliphatic heterocycles. The van der Waals surface area contributed by atoms with Crippen LogP contribution in [0.3, 0.4) is 0 Å². The van der Waals surface area contributed by atoms with Crippen LogP contribution in [0.25, 0.3) is 0 Å². The minimum absolute atomic E-state index is 0.567. The van der Waals surface area contributed by atoms with Gasteiger partial charge in [-0.05, 0) is 80.4 Å². The smallest absolute Gasteiger partial charge is 0.174 e.